The third-order valence-electron chi connectivity index (χ3n) is 3.42. The van der Waals surface area contributed by atoms with Gasteiger partial charge in [0.1, 0.15) is 5.82 Å². The first kappa shape index (κ1) is 14.1. The van der Waals surface area contributed by atoms with Crippen LogP contribution in [0.5, 0.6) is 0 Å². The molecule has 0 aliphatic carbocycles. The number of aromatic nitrogens is 2. The molecule has 0 fully saturated rings. The minimum atomic E-state index is -0.127. The number of H-pyrrole nitrogens is 1. The van der Waals surface area contributed by atoms with Crippen molar-refractivity contribution in [2.45, 2.75) is 33.2 Å². The quantitative estimate of drug-likeness (QED) is 0.748. The van der Waals surface area contributed by atoms with Gasteiger partial charge in [0, 0.05) is 23.6 Å². The van der Waals surface area contributed by atoms with E-state index in [1.54, 1.807) is 18.5 Å². The number of hydrogen-bond donors (Lipinski definition) is 3. The number of benzene rings is 1. The number of rotatable bonds is 4. The van der Waals surface area contributed by atoms with Crippen LogP contribution < -0.4 is 11.1 Å². The Bertz CT molecular complexity index is 605. The van der Waals surface area contributed by atoms with Crippen molar-refractivity contribution in [1.82, 2.24) is 15.3 Å². The molecule has 2 aromatic rings. The zero-order chi connectivity index (χ0) is 14.7. The van der Waals surface area contributed by atoms with E-state index in [4.69, 9.17) is 5.73 Å². The Labute approximate surface area is 118 Å². The molecule has 5 heteroatoms. The highest BCUT2D eigenvalue weighted by molar-refractivity contribution is 5.96. The number of carbonyl (C=O) groups excluding carboxylic acids is 1. The largest absolute Gasteiger partial charge is 0.398 e. The summed E-state index contributed by atoms with van der Waals surface area (Å²) < 4.78 is 0. The second-order valence-corrected chi connectivity index (χ2v) is 4.93. The second kappa shape index (κ2) is 5.77. The summed E-state index contributed by atoms with van der Waals surface area (Å²) >= 11 is 0. The summed E-state index contributed by atoms with van der Waals surface area (Å²) in [4.78, 5) is 19.6. The lowest BCUT2D eigenvalue weighted by Crippen LogP contribution is -2.29. The summed E-state index contributed by atoms with van der Waals surface area (Å²) in [5.41, 5.74) is 9.03. The number of hydrogen-bond acceptors (Lipinski definition) is 3. The Kier molecular flexibility index (Phi) is 4.08. The smallest absolute Gasteiger partial charge is 0.252 e. The van der Waals surface area contributed by atoms with Crippen molar-refractivity contribution in [2.24, 2.45) is 0 Å². The standard InChI is InChI=1S/C15H20N4O/c1-4-13(14-17-5-6-18-14)19-15(20)11-8-12(16)10(3)7-9(11)2/h5-8,13H,4,16H2,1-3H3,(H,17,18)(H,19,20). The van der Waals surface area contributed by atoms with Gasteiger partial charge in [-0.15, -0.1) is 0 Å². The van der Waals surface area contributed by atoms with Crippen molar-refractivity contribution >= 4 is 11.6 Å². The maximum absolute atomic E-state index is 12.4. The van der Waals surface area contributed by atoms with E-state index in [0.29, 0.717) is 11.3 Å². The Hall–Kier alpha value is -2.30. The highest BCUT2D eigenvalue weighted by Crippen LogP contribution is 2.19. The molecular formula is C15H20N4O. The monoisotopic (exact) mass is 272 g/mol. The van der Waals surface area contributed by atoms with Crippen LogP contribution in [0.3, 0.4) is 0 Å². The summed E-state index contributed by atoms with van der Waals surface area (Å²) in [5, 5.41) is 2.98. The van der Waals surface area contributed by atoms with Crippen LogP contribution in [-0.4, -0.2) is 15.9 Å². The number of carbonyl (C=O) groups is 1. The number of imidazole rings is 1. The molecule has 1 aromatic carbocycles. The highest BCUT2D eigenvalue weighted by Gasteiger charge is 2.17. The molecule has 0 aliphatic heterocycles. The van der Waals surface area contributed by atoms with Crippen molar-refractivity contribution in [3.8, 4) is 0 Å². The molecule has 0 saturated carbocycles. The van der Waals surface area contributed by atoms with E-state index < -0.39 is 0 Å². The zero-order valence-corrected chi connectivity index (χ0v) is 12.0. The van der Waals surface area contributed by atoms with Crippen LogP contribution in [0, 0.1) is 13.8 Å². The number of anilines is 1. The van der Waals surface area contributed by atoms with Crippen molar-refractivity contribution < 1.29 is 4.79 Å². The molecule has 20 heavy (non-hydrogen) atoms. The van der Waals surface area contributed by atoms with Gasteiger partial charge in [-0.25, -0.2) is 4.98 Å². The van der Waals surface area contributed by atoms with Gasteiger partial charge in [0.25, 0.3) is 5.91 Å². The van der Waals surface area contributed by atoms with Gasteiger partial charge in [-0.1, -0.05) is 13.0 Å². The van der Waals surface area contributed by atoms with E-state index in [0.717, 1.165) is 23.4 Å². The van der Waals surface area contributed by atoms with Gasteiger partial charge in [0.05, 0.1) is 6.04 Å². The molecule has 106 valence electrons. The lowest BCUT2D eigenvalue weighted by atomic mass is 10.0. The number of nitrogens with zero attached hydrogens (tertiary/aromatic N) is 1. The Morgan fingerprint density at radius 2 is 2.15 bits per heavy atom. The van der Waals surface area contributed by atoms with Crippen LogP contribution in [0.2, 0.25) is 0 Å². The first-order valence-electron chi connectivity index (χ1n) is 6.69. The van der Waals surface area contributed by atoms with E-state index in [1.165, 1.54) is 0 Å². The number of aromatic amines is 1. The highest BCUT2D eigenvalue weighted by atomic mass is 16.1. The molecule has 0 saturated heterocycles. The van der Waals surface area contributed by atoms with Gasteiger partial charge < -0.3 is 16.0 Å². The van der Waals surface area contributed by atoms with Crippen LogP contribution >= 0.6 is 0 Å². The van der Waals surface area contributed by atoms with Crippen LogP contribution in [0.15, 0.2) is 24.5 Å². The molecule has 0 aliphatic rings. The number of amides is 1. The van der Waals surface area contributed by atoms with Gasteiger partial charge in [0.2, 0.25) is 0 Å². The predicted molar refractivity (Wildman–Crippen MR) is 79.4 cm³/mol. The normalized spacial score (nSPS) is 12.2. The molecular weight excluding hydrogens is 252 g/mol. The Morgan fingerprint density at radius 1 is 1.40 bits per heavy atom. The van der Waals surface area contributed by atoms with Gasteiger partial charge in [-0.3, -0.25) is 4.79 Å². The maximum atomic E-state index is 12.4. The molecule has 0 bridgehead atoms. The molecule has 0 spiro atoms. The molecule has 0 radical (unpaired) electrons. The number of nitrogens with two attached hydrogens (primary N) is 1. The topological polar surface area (TPSA) is 83.8 Å². The fourth-order valence-corrected chi connectivity index (χ4v) is 2.18. The minimum absolute atomic E-state index is 0.126. The fraction of sp³-hybridized carbons (Fsp3) is 0.333. The molecule has 1 amide bonds. The molecule has 1 atom stereocenters. The van der Waals surface area contributed by atoms with Gasteiger partial charge in [-0.05, 0) is 37.5 Å². The summed E-state index contributed by atoms with van der Waals surface area (Å²) in [6.07, 6.45) is 4.19. The van der Waals surface area contributed by atoms with E-state index >= 15 is 0 Å². The summed E-state index contributed by atoms with van der Waals surface area (Å²) in [6.45, 7) is 5.85. The van der Waals surface area contributed by atoms with E-state index in [9.17, 15) is 4.79 Å². The second-order valence-electron chi connectivity index (χ2n) is 4.93. The summed E-state index contributed by atoms with van der Waals surface area (Å²) in [7, 11) is 0. The summed E-state index contributed by atoms with van der Waals surface area (Å²) in [5.74, 6) is 0.635. The van der Waals surface area contributed by atoms with Crippen molar-refractivity contribution in [2.75, 3.05) is 5.73 Å². The van der Waals surface area contributed by atoms with Crippen LogP contribution in [0.25, 0.3) is 0 Å². The average Bonchev–Trinajstić information content (AvgIpc) is 2.93. The summed E-state index contributed by atoms with van der Waals surface area (Å²) in [6, 6.07) is 3.53. The fourth-order valence-electron chi connectivity index (χ4n) is 2.18. The SMILES string of the molecule is CCC(NC(=O)c1cc(N)c(C)cc1C)c1ncc[nH]1. The van der Waals surface area contributed by atoms with Crippen molar-refractivity contribution in [3.05, 3.63) is 47.0 Å². The van der Waals surface area contributed by atoms with Gasteiger partial charge >= 0.3 is 0 Å². The van der Waals surface area contributed by atoms with Gasteiger partial charge in [-0.2, -0.15) is 0 Å². The number of aryl methyl sites for hydroxylation is 2. The molecule has 1 unspecified atom stereocenters. The molecule has 5 nitrogen and oxygen atoms in total. The maximum Gasteiger partial charge on any atom is 0.252 e. The first-order chi connectivity index (χ1) is 9.52. The lowest BCUT2D eigenvalue weighted by molar-refractivity contribution is 0.0933. The lowest BCUT2D eigenvalue weighted by Gasteiger charge is -2.16. The van der Waals surface area contributed by atoms with E-state index in [1.807, 2.05) is 26.8 Å². The minimum Gasteiger partial charge on any atom is -0.398 e. The molecule has 4 N–H and O–H groups in total. The molecule has 1 aromatic heterocycles. The number of nitrogen functional groups attached to an aromatic ring is 1. The Balaban J connectivity index is 2.21. The van der Waals surface area contributed by atoms with Crippen LogP contribution in [0.4, 0.5) is 5.69 Å². The van der Waals surface area contributed by atoms with Crippen LogP contribution in [0.1, 0.15) is 46.7 Å². The number of nitrogens with one attached hydrogen (secondary N) is 2. The van der Waals surface area contributed by atoms with Gasteiger partial charge in [0.15, 0.2) is 0 Å². The Morgan fingerprint density at radius 3 is 2.75 bits per heavy atom. The van der Waals surface area contributed by atoms with Crippen LogP contribution in [-0.2, 0) is 0 Å². The third kappa shape index (κ3) is 2.82. The first-order valence-corrected chi connectivity index (χ1v) is 6.69. The van der Waals surface area contributed by atoms with Crippen molar-refractivity contribution in [1.29, 1.82) is 0 Å². The molecule has 1 heterocycles. The predicted octanol–water partition coefficient (Wildman–Crippen LogP) is 2.49. The average molecular weight is 272 g/mol. The van der Waals surface area contributed by atoms with E-state index in [2.05, 4.69) is 15.3 Å². The zero-order valence-electron chi connectivity index (χ0n) is 12.0. The van der Waals surface area contributed by atoms with Crippen molar-refractivity contribution in [3.63, 3.8) is 0 Å². The van der Waals surface area contributed by atoms with E-state index in [-0.39, 0.29) is 11.9 Å². The molecule has 2 rings (SSSR count). The third-order valence-corrected chi connectivity index (χ3v) is 3.42.